The summed E-state index contributed by atoms with van der Waals surface area (Å²) in [6.07, 6.45) is 2.11. The number of hydrogen-bond acceptors (Lipinski definition) is 5. The molecule has 1 saturated carbocycles. The largest absolute Gasteiger partial charge is 0.497 e. The van der Waals surface area contributed by atoms with Crippen LogP contribution in [0.3, 0.4) is 0 Å². The monoisotopic (exact) mass is 493 g/mol. The lowest BCUT2D eigenvalue weighted by molar-refractivity contribution is -0.139. The van der Waals surface area contributed by atoms with Gasteiger partial charge in [0.05, 0.1) is 25.5 Å². The van der Waals surface area contributed by atoms with Gasteiger partial charge in [0.25, 0.3) is 5.69 Å². The molecule has 0 radical (unpaired) electrons. The third kappa shape index (κ3) is 5.25. The molecule has 0 aliphatic heterocycles. The van der Waals surface area contributed by atoms with Gasteiger partial charge in [-0.05, 0) is 37.5 Å². The SMILES string of the molecule is [C-]#[N+]c1c(OC2C(C)CC(C)CC2C)c2nc(-c3ccc(C)cc3)[nH]n2c1CN(COC)CC(=O)O. The molecule has 2 aromatic heterocycles. The number of carbonyl (C=O) groups is 1. The van der Waals surface area contributed by atoms with Gasteiger partial charge in [0.15, 0.2) is 17.2 Å². The molecule has 9 nitrogen and oxygen atoms in total. The summed E-state index contributed by atoms with van der Waals surface area (Å²) >= 11 is 0. The number of aromatic amines is 1. The van der Waals surface area contributed by atoms with E-state index < -0.39 is 5.97 Å². The van der Waals surface area contributed by atoms with Crippen molar-refractivity contribution in [3.05, 3.63) is 46.9 Å². The minimum absolute atomic E-state index is 0.0330. The number of rotatable bonds is 9. The van der Waals surface area contributed by atoms with Crippen molar-refractivity contribution in [2.24, 2.45) is 17.8 Å². The Hall–Kier alpha value is -3.35. The van der Waals surface area contributed by atoms with Crippen molar-refractivity contribution in [2.75, 3.05) is 20.4 Å². The van der Waals surface area contributed by atoms with Crippen LogP contribution in [0.15, 0.2) is 24.3 Å². The topological polar surface area (TPSA) is 96.5 Å². The van der Waals surface area contributed by atoms with Crippen molar-refractivity contribution in [3.63, 3.8) is 0 Å². The van der Waals surface area contributed by atoms with Crippen LogP contribution in [0.2, 0.25) is 0 Å². The molecule has 0 amide bonds. The van der Waals surface area contributed by atoms with E-state index in [4.69, 9.17) is 21.0 Å². The average Bonchev–Trinajstić information content (AvgIpc) is 3.34. The zero-order valence-electron chi connectivity index (χ0n) is 21.6. The number of benzene rings is 1. The molecule has 0 spiro atoms. The van der Waals surface area contributed by atoms with Gasteiger partial charge in [0.1, 0.15) is 6.10 Å². The van der Waals surface area contributed by atoms with Gasteiger partial charge in [-0.1, -0.05) is 50.6 Å². The molecule has 3 aromatic rings. The van der Waals surface area contributed by atoms with Crippen LogP contribution in [-0.2, 0) is 16.1 Å². The maximum absolute atomic E-state index is 11.5. The third-order valence-electron chi connectivity index (χ3n) is 7.01. The number of fused-ring (bicyclic) bond motifs is 1. The van der Waals surface area contributed by atoms with E-state index in [1.54, 1.807) is 9.42 Å². The first-order valence-electron chi connectivity index (χ1n) is 12.4. The lowest BCUT2D eigenvalue weighted by atomic mass is 9.75. The molecule has 1 aliphatic carbocycles. The second-order valence-corrected chi connectivity index (χ2v) is 10.2. The zero-order valence-corrected chi connectivity index (χ0v) is 21.6. The summed E-state index contributed by atoms with van der Waals surface area (Å²) in [6.45, 7) is 16.8. The van der Waals surface area contributed by atoms with Crippen LogP contribution in [-0.4, -0.2) is 57.1 Å². The van der Waals surface area contributed by atoms with Crippen LogP contribution in [0.4, 0.5) is 5.69 Å². The molecule has 1 aliphatic rings. The average molecular weight is 494 g/mol. The maximum atomic E-state index is 11.5. The van der Waals surface area contributed by atoms with E-state index in [-0.39, 0.29) is 25.9 Å². The molecule has 9 heteroatoms. The van der Waals surface area contributed by atoms with Crippen molar-refractivity contribution in [3.8, 4) is 17.1 Å². The molecule has 2 unspecified atom stereocenters. The van der Waals surface area contributed by atoms with E-state index in [2.05, 4.69) is 30.7 Å². The van der Waals surface area contributed by atoms with Crippen LogP contribution >= 0.6 is 0 Å². The predicted octanol–water partition coefficient (Wildman–Crippen LogP) is 5.13. The Morgan fingerprint density at radius 1 is 1.25 bits per heavy atom. The third-order valence-corrected chi connectivity index (χ3v) is 7.01. The van der Waals surface area contributed by atoms with E-state index in [0.29, 0.717) is 46.4 Å². The highest BCUT2D eigenvalue weighted by molar-refractivity contribution is 5.78. The number of hydrogen-bond donors (Lipinski definition) is 2. The number of methoxy groups -OCH3 is 1. The molecule has 4 rings (SSSR count). The first-order chi connectivity index (χ1) is 17.2. The number of carboxylic acid groups (broad SMARTS) is 1. The summed E-state index contributed by atoms with van der Waals surface area (Å²) in [5.74, 6) is 1.46. The standard InChI is InChI=1S/C27H35N5O4/c1-16-7-9-20(10-8-16)26-29-27-25(36-24-18(3)11-17(2)12-19(24)4)23(28-5)21(32(27)30-26)13-31(15-35-6)14-22(33)34/h7-10,17-19,24H,11-15H2,1-4,6H3,(H,29,30)(H,33,34). The first-order valence-corrected chi connectivity index (χ1v) is 12.4. The van der Waals surface area contributed by atoms with Gasteiger partial charge in [-0.3, -0.25) is 14.8 Å². The first kappa shape index (κ1) is 25.7. The number of aryl methyl sites for hydroxylation is 1. The molecule has 2 atom stereocenters. The number of aromatic nitrogens is 3. The van der Waals surface area contributed by atoms with Gasteiger partial charge in [0, 0.05) is 19.2 Å². The maximum Gasteiger partial charge on any atom is 0.317 e. The number of aliphatic carboxylic acids is 1. The number of carboxylic acids is 1. The lowest BCUT2D eigenvalue weighted by Gasteiger charge is -2.37. The smallest absolute Gasteiger partial charge is 0.317 e. The zero-order chi connectivity index (χ0) is 26.0. The molecule has 2 N–H and O–H groups in total. The van der Waals surface area contributed by atoms with Crippen molar-refractivity contribution < 1.29 is 19.4 Å². The fourth-order valence-electron chi connectivity index (χ4n) is 5.54. The van der Waals surface area contributed by atoms with E-state index in [1.165, 1.54) is 7.11 Å². The molecule has 36 heavy (non-hydrogen) atoms. The predicted molar refractivity (Wildman–Crippen MR) is 137 cm³/mol. The van der Waals surface area contributed by atoms with Gasteiger partial charge in [-0.2, -0.15) is 0 Å². The van der Waals surface area contributed by atoms with E-state index in [0.717, 1.165) is 24.0 Å². The fourth-order valence-corrected chi connectivity index (χ4v) is 5.54. The Morgan fingerprint density at radius 3 is 2.50 bits per heavy atom. The van der Waals surface area contributed by atoms with Crippen molar-refractivity contribution in [2.45, 2.75) is 53.2 Å². The summed E-state index contributed by atoms with van der Waals surface area (Å²) in [5.41, 5.74) is 3.56. The summed E-state index contributed by atoms with van der Waals surface area (Å²) in [6, 6.07) is 8.04. The van der Waals surface area contributed by atoms with Crippen LogP contribution in [0.25, 0.3) is 21.9 Å². The van der Waals surface area contributed by atoms with Gasteiger partial charge < -0.3 is 14.6 Å². The summed E-state index contributed by atoms with van der Waals surface area (Å²) < 4.78 is 13.7. The summed E-state index contributed by atoms with van der Waals surface area (Å²) in [4.78, 5) is 21.8. The Morgan fingerprint density at radius 2 is 1.92 bits per heavy atom. The van der Waals surface area contributed by atoms with Gasteiger partial charge >= 0.3 is 5.97 Å². The van der Waals surface area contributed by atoms with Gasteiger partial charge in [-0.15, -0.1) is 0 Å². The Balaban J connectivity index is 1.82. The fraction of sp³-hybridized carbons (Fsp3) is 0.519. The molecule has 1 fully saturated rings. The normalized spacial score (nSPS) is 22.1. The van der Waals surface area contributed by atoms with Crippen molar-refractivity contribution in [1.29, 1.82) is 0 Å². The highest BCUT2D eigenvalue weighted by Crippen LogP contribution is 2.43. The van der Waals surface area contributed by atoms with Crippen LogP contribution in [0.1, 0.15) is 44.9 Å². The molecule has 0 bridgehead atoms. The van der Waals surface area contributed by atoms with E-state index >= 15 is 0 Å². The quantitative estimate of drug-likeness (QED) is 0.317. The van der Waals surface area contributed by atoms with Crippen molar-refractivity contribution >= 4 is 17.3 Å². The van der Waals surface area contributed by atoms with Gasteiger partial charge in [-0.25, -0.2) is 14.3 Å². The molecule has 0 saturated heterocycles. The van der Waals surface area contributed by atoms with Crippen molar-refractivity contribution in [1.82, 2.24) is 19.5 Å². The van der Waals surface area contributed by atoms with E-state index in [1.807, 2.05) is 31.2 Å². The van der Waals surface area contributed by atoms with E-state index in [9.17, 15) is 9.90 Å². The van der Waals surface area contributed by atoms with Crippen LogP contribution in [0, 0.1) is 31.2 Å². The number of nitrogens with zero attached hydrogens (tertiary/aromatic N) is 4. The second kappa shape index (κ2) is 10.7. The number of ether oxygens (including phenoxy) is 2. The molecule has 2 heterocycles. The highest BCUT2D eigenvalue weighted by Gasteiger charge is 2.35. The molecule has 192 valence electrons. The van der Waals surface area contributed by atoms with Crippen LogP contribution in [0.5, 0.6) is 5.75 Å². The number of H-pyrrole nitrogens is 1. The van der Waals surface area contributed by atoms with Crippen LogP contribution < -0.4 is 4.74 Å². The summed E-state index contributed by atoms with van der Waals surface area (Å²) in [5, 5.41) is 12.7. The van der Waals surface area contributed by atoms with Gasteiger partial charge in [0.2, 0.25) is 0 Å². The Labute approximate surface area is 211 Å². The minimum Gasteiger partial charge on any atom is -0.497 e. The number of nitrogens with one attached hydrogen (secondary N) is 1. The molecular formula is C27H35N5O4. The highest BCUT2D eigenvalue weighted by atomic mass is 16.5. The Bertz CT molecular complexity index is 1240. The lowest BCUT2D eigenvalue weighted by Crippen LogP contribution is -2.38. The second-order valence-electron chi connectivity index (χ2n) is 10.2. The molecular weight excluding hydrogens is 458 g/mol. The minimum atomic E-state index is -0.968. The molecule has 1 aromatic carbocycles. The summed E-state index contributed by atoms with van der Waals surface area (Å²) in [7, 11) is 1.52. The Kier molecular flexibility index (Phi) is 7.67.